The Kier molecular flexibility index (Phi) is 5.67. The number of amides is 1. The molecule has 0 aliphatic rings. The summed E-state index contributed by atoms with van der Waals surface area (Å²) >= 11 is 0. The van der Waals surface area contributed by atoms with Crippen molar-refractivity contribution in [1.82, 2.24) is 25.3 Å². The molecular weight excluding hydrogens is 426 g/mol. The molecule has 0 aliphatic heterocycles. The fraction of sp³-hybridized carbons (Fsp3) is 0.0909. The maximum absolute atomic E-state index is 13.3. The van der Waals surface area contributed by atoms with Crippen molar-refractivity contribution in [2.24, 2.45) is 0 Å². The minimum atomic E-state index is -4.43. The summed E-state index contributed by atoms with van der Waals surface area (Å²) in [5, 5.41) is 10.7. The molecular formula is C22H15F4N5O. The molecule has 0 saturated heterocycles. The number of rotatable bonds is 5. The van der Waals surface area contributed by atoms with Crippen LogP contribution in [0.25, 0.3) is 16.9 Å². The first-order valence-electron chi connectivity index (χ1n) is 9.39. The van der Waals surface area contributed by atoms with Crippen LogP contribution in [-0.4, -0.2) is 25.9 Å². The maximum Gasteiger partial charge on any atom is 0.416 e. The topological polar surface area (TPSA) is 72.7 Å². The Bertz CT molecular complexity index is 1220. The van der Waals surface area contributed by atoms with Gasteiger partial charge in [0.05, 0.1) is 11.3 Å². The van der Waals surface area contributed by atoms with Crippen LogP contribution in [0.2, 0.25) is 0 Å². The molecule has 2 aromatic heterocycles. The van der Waals surface area contributed by atoms with Gasteiger partial charge in [-0.2, -0.15) is 13.2 Å². The van der Waals surface area contributed by atoms with E-state index in [0.717, 1.165) is 12.1 Å². The van der Waals surface area contributed by atoms with E-state index in [9.17, 15) is 22.4 Å². The van der Waals surface area contributed by atoms with Crippen LogP contribution in [0.3, 0.4) is 0 Å². The summed E-state index contributed by atoms with van der Waals surface area (Å²) in [6, 6.07) is 13.4. The predicted octanol–water partition coefficient (Wildman–Crippen LogP) is 4.42. The fourth-order valence-electron chi connectivity index (χ4n) is 3.04. The molecule has 0 saturated carbocycles. The minimum Gasteiger partial charge on any atom is -0.346 e. The van der Waals surface area contributed by atoms with Crippen molar-refractivity contribution < 1.29 is 22.4 Å². The Labute approximate surface area is 179 Å². The molecule has 0 radical (unpaired) electrons. The van der Waals surface area contributed by atoms with Crippen LogP contribution in [0, 0.1) is 5.82 Å². The van der Waals surface area contributed by atoms with E-state index in [-0.39, 0.29) is 12.2 Å². The minimum absolute atomic E-state index is 0.00381. The number of alkyl halides is 3. The van der Waals surface area contributed by atoms with Gasteiger partial charge in [0.1, 0.15) is 11.5 Å². The molecule has 0 bridgehead atoms. The van der Waals surface area contributed by atoms with Crippen molar-refractivity contribution in [3.05, 3.63) is 95.7 Å². The second-order valence-corrected chi connectivity index (χ2v) is 6.79. The molecule has 4 aromatic rings. The average Bonchev–Trinajstić information content (AvgIpc) is 3.23. The number of nitrogens with zero attached hydrogens (tertiary/aromatic N) is 4. The number of carbonyl (C=O) groups is 1. The summed E-state index contributed by atoms with van der Waals surface area (Å²) in [4.78, 5) is 16.8. The summed E-state index contributed by atoms with van der Waals surface area (Å²) in [6.07, 6.45) is -1.34. The zero-order valence-electron chi connectivity index (χ0n) is 16.3. The van der Waals surface area contributed by atoms with Gasteiger partial charge in [-0.15, -0.1) is 5.10 Å². The third kappa shape index (κ3) is 4.48. The van der Waals surface area contributed by atoms with Gasteiger partial charge in [-0.3, -0.25) is 9.78 Å². The van der Waals surface area contributed by atoms with Crippen molar-refractivity contribution >= 4 is 5.91 Å². The lowest BCUT2D eigenvalue weighted by molar-refractivity contribution is -0.137. The fourth-order valence-corrected chi connectivity index (χ4v) is 3.04. The zero-order chi connectivity index (χ0) is 22.7. The summed E-state index contributed by atoms with van der Waals surface area (Å²) in [6.45, 7) is -0.00381. The van der Waals surface area contributed by atoms with Gasteiger partial charge in [0.15, 0.2) is 5.69 Å². The number of carbonyl (C=O) groups excluding carboxylic acids is 1. The number of halogens is 4. The van der Waals surface area contributed by atoms with E-state index in [1.807, 2.05) is 0 Å². The lowest BCUT2D eigenvalue weighted by Crippen LogP contribution is -2.24. The van der Waals surface area contributed by atoms with Crippen molar-refractivity contribution in [2.75, 3.05) is 0 Å². The molecule has 4 rings (SSSR count). The highest BCUT2D eigenvalue weighted by Gasteiger charge is 2.30. The van der Waals surface area contributed by atoms with Crippen molar-refractivity contribution in [1.29, 1.82) is 0 Å². The van der Waals surface area contributed by atoms with E-state index >= 15 is 0 Å². The van der Waals surface area contributed by atoms with Crippen LogP contribution >= 0.6 is 0 Å². The van der Waals surface area contributed by atoms with Gasteiger partial charge in [0, 0.05) is 24.5 Å². The highest BCUT2D eigenvalue weighted by molar-refractivity contribution is 5.98. The molecule has 32 heavy (non-hydrogen) atoms. The summed E-state index contributed by atoms with van der Waals surface area (Å²) in [5.74, 6) is -0.987. The molecule has 0 fully saturated rings. The normalized spacial score (nSPS) is 11.4. The first-order chi connectivity index (χ1) is 15.3. The van der Waals surface area contributed by atoms with E-state index in [1.165, 1.54) is 41.1 Å². The Morgan fingerprint density at radius 3 is 2.22 bits per heavy atom. The van der Waals surface area contributed by atoms with Crippen LogP contribution in [0.4, 0.5) is 17.6 Å². The largest absolute Gasteiger partial charge is 0.416 e. The van der Waals surface area contributed by atoms with Crippen LogP contribution in [0.1, 0.15) is 21.6 Å². The SMILES string of the molecule is O=C(NCc1ccc(C(F)(F)F)cc1)c1nnn(-c2ccc(F)cc2)c1-c1ccncc1. The molecule has 1 amide bonds. The predicted molar refractivity (Wildman–Crippen MR) is 107 cm³/mol. The van der Waals surface area contributed by atoms with E-state index in [4.69, 9.17) is 0 Å². The van der Waals surface area contributed by atoms with Gasteiger partial charge in [-0.1, -0.05) is 17.3 Å². The van der Waals surface area contributed by atoms with E-state index in [2.05, 4.69) is 20.6 Å². The van der Waals surface area contributed by atoms with Crippen LogP contribution in [-0.2, 0) is 12.7 Å². The molecule has 0 spiro atoms. The Morgan fingerprint density at radius 2 is 1.59 bits per heavy atom. The van der Waals surface area contributed by atoms with Gasteiger partial charge in [0.25, 0.3) is 5.91 Å². The lowest BCUT2D eigenvalue weighted by atomic mass is 10.1. The first-order valence-corrected chi connectivity index (χ1v) is 9.39. The smallest absolute Gasteiger partial charge is 0.346 e. The number of nitrogens with one attached hydrogen (secondary N) is 1. The zero-order valence-corrected chi connectivity index (χ0v) is 16.3. The van der Waals surface area contributed by atoms with Gasteiger partial charge in [-0.25, -0.2) is 9.07 Å². The number of aromatic nitrogens is 4. The second-order valence-electron chi connectivity index (χ2n) is 6.79. The van der Waals surface area contributed by atoms with Crippen LogP contribution in [0.5, 0.6) is 0 Å². The Hall–Kier alpha value is -4.08. The van der Waals surface area contributed by atoms with Crippen LogP contribution < -0.4 is 5.32 Å². The molecule has 0 unspecified atom stereocenters. The lowest BCUT2D eigenvalue weighted by Gasteiger charge is -2.10. The molecule has 2 heterocycles. The van der Waals surface area contributed by atoms with Crippen molar-refractivity contribution in [3.8, 4) is 16.9 Å². The number of pyridine rings is 1. The quantitative estimate of drug-likeness (QED) is 0.466. The molecule has 6 nitrogen and oxygen atoms in total. The van der Waals surface area contributed by atoms with Crippen LogP contribution in [0.15, 0.2) is 73.1 Å². The standard InChI is InChI=1S/C22H15F4N5O/c23-17-5-7-18(8-6-17)31-20(15-9-11-27-12-10-15)19(29-30-31)21(32)28-13-14-1-3-16(4-2-14)22(24,25)26/h1-12H,13H2,(H,28,32). The highest BCUT2D eigenvalue weighted by atomic mass is 19.4. The van der Waals surface area contributed by atoms with Gasteiger partial charge >= 0.3 is 6.18 Å². The Balaban J connectivity index is 1.61. The molecule has 1 N–H and O–H groups in total. The van der Waals surface area contributed by atoms with E-state index in [1.54, 1.807) is 24.5 Å². The van der Waals surface area contributed by atoms with Crippen molar-refractivity contribution in [2.45, 2.75) is 12.7 Å². The molecule has 0 atom stereocenters. The summed E-state index contributed by atoms with van der Waals surface area (Å²) in [7, 11) is 0. The molecule has 10 heteroatoms. The monoisotopic (exact) mass is 441 g/mol. The number of benzene rings is 2. The summed E-state index contributed by atoms with van der Waals surface area (Å²) in [5.41, 5.74) is 1.19. The van der Waals surface area contributed by atoms with E-state index < -0.39 is 23.5 Å². The molecule has 162 valence electrons. The highest BCUT2D eigenvalue weighted by Crippen LogP contribution is 2.29. The van der Waals surface area contributed by atoms with E-state index in [0.29, 0.717) is 22.5 Å². The van der Waals surface area contributed by atoms with Gasteiger partial charge < -0.3 is 5.32 Å². The summed E-state index contributed by atoms with van der Waals surface area (Å²) < 4.78 is 52.9. The number of hydrogen-bond acceptors (Lipinski definition) is 4. The average molecular weight is 441 g/mol. The Morgan fingerprint density at radius 1 is 0.938 bits per heavy atom. The third-order valence-electron chi connectivity index (χ3n) is 4.64. The third-order valence-corrected chi connectivity index (χ3v) is 4.64. The van der Waals surface area contributed by atoms with Gasteiger partial charge in [-0.05, 0) is 54.1 Å². The second kappa shape index (κ2) is 8.58. The van der Waals surface area contributed by atoms with Gasteiger partial charge in [0.2, 0.25) is 0 Å². The molecule has 2 aromatic carbocycles. The van der Waals surface area contributed by atoms with Crippen molar-refractivity contribution in [3.63, 3.8) is 0 Å². The molecule has 0 aliphatic carbocycles. The first kappa shape index (κ1) is 21.2. The maximum atomic E-state index is 13.3. The number of hydrogen-bond donors (Lipinski definition) is 1.